The molecule has 0 saturated heterocycles. The molecule has 0 aliphatic rings. The van der Waals surface area contributed by atoms with Gasteiger partial charge in [0.15, 0.2) is 0 Å². The molecule has 0 bridgehead atoms. The molecule has 2 rings (SSSR count). The van der Waals surface area contributed by atoms with Crippen LogP contribution in [0.1, 0.15) is 5.69 Å². The van der Waals surface area contributed by atoms with Crippen LogP contribution in [0.3, 0.4) is 0 Å². The van der Waals surface area contributed by atoms with Crippen LogP contribution in [0, 0.1) is 5.82 Å². The summed E-state index contributed by atoms with van der Waals surface area (Å²) in [6.45, 7) is 0.298. The summed E-state index contributed by atoms with van der Waals surface area (Å²) in [6.07, 6.45) is 2.91. The maximum atomic E-state index is 13.3. The van der Waals surface area contributed by atoms with Gasteiger partial charge in [0.25, 0.3) is 0 Å². The van der Waals surface area contributed by atoms with Crippen molar-refractivity contribution in [1.29, 1.82) is 0 Å². The lowest BCUT2D eigenvalue weighted by molar-refractivity contribution is 0.452. The molecule has 1 heterocycles. The first-order valence-corrected chi connectivity index (χ1v) is 6.10. The van der Waals surface area contributed by atoms with Crippen molar-refractivity contribution in [3.63, 3.8) is 0 Å². The number of benzene rings is 1. The summed E-state index contributed by atoms with van der Waals surface area (Å²) in [6, 6.07) is 2.58. The number of nitrogens with two attached hydrogens (primary N) is 1. The molecule has 0 unspecified atom stereocenters. The Balaban J connectivity index is 2.25. The van der Waals surface area contributed by atoms with Crippen LogP contribution in [0.4, 0.5) is 4.39 Å². The normalized spacial score (nSPS) is 10.4. The van der Waals surface area contributed by atoms with Gasteiger partial charge < -0.3 is 10.5 Å². The topological polar surface area (TPSA) is 61.0 Å². The van der Waals surface area contributed by atoms with E-state index in [2.05, 4.69) is 25.9 Å². The van der Waals surface area contributed by atoms with Crippen molar-refractivity contribution in [2.75, 3.05) is 0 Å². The minimum absolute atomic E-state index is 0.0128. The van der Waals surface area contributed by atoms with Gasteiger partial charge in [0.05, 0.1) is 27.6 Å². The highest BCUT2D eigenvalue weighted by atomic mass is 79.9. The van der Waals surface area contributed by atoms with Crippen molar-refractivity contribution in [3.8, 4) is 11.6 Å². The van der Waals surface area contributed by atoms with Crippen LogP contribution in [0.2, 0.25) is 5.02 Å². The van der Waals surface area contributed by atoms with E-state index < -0.39 is 5.82 Å². The third-order valence-electron chi connectivity index (χ3n) is 2.08. The summed E-state index contributed by atoms with van der Waals surface area (Å²) in [4.78, 5) is 8.01. The fourth-order valence-electron chi connectivity index (χ4n) is 1.20. The molecule has 1 aromatic heterocycles. The molecule has 0 spiro atoms. The second-order valence-electron chi connectivity index (χ2n) is 3.35. The molecule has 0 saturated carbocycles. The summed E-state index contributed by atoms with van der Waals surface area (Å²) < 4.78 is 19.2. The van der Waals surface area contributed by atoms with Crippen LogP contribution in [0.15, 0.2) is 29.0 Å². The average Bonchev–Trinajstić information content (AvgIpc) is 2.37. The number of hydrogen-bond donors (Lipinski definition) is 1. The molecular weight excluding hydrogens is 324 g/mol. The number of ether oxygens (including phenoxy) is 1. The second kappa shape index (κ2) is 5.60. The third kappa shape index (κ3) is 2.95. The van der Waals surface area contributed by atoms with E-state index >= 15 is 0 Å². The van der Waals surface area contributed by atoms with Crippen LogP contribution in [-0.2, 0) is 6.54 Å². The van der Waals surface area contributed by atoms with Crippen molar-refractivity contribution in [1.82, 2.24) is 9.97 Å². The third-order valence-corrected chi connectivity index (χ3v) is 2.99. The maximum absolute atomic E-state index is 13.3. The molecule has 4 nitrogen and oxygen atoms in total. The quantitative estimate of drug-likeness (QED) is 0.876. The van der Waals surface area contributed by atoms with E-state index in [9.17, 15) is 4.39 Å². The molecule has 0 aliphatic carbocycles. The van der Waals surface area contributed by atoms with Crippen LogP contribution in [0.5, 0.6) is 11.6 Å². The number of hydrogen-bond acceptors (Lipinski definition) is 4. The number of rotatable bonds is 3. The molecule has 7 heteroatoms. The predicted octanol–water partition coefficient (Wildman–Crippen LogP) is 3.28. The van der Waals surface area contributed by atoms with E-state index in [1.165, 1.54) is 24.5 Å². The first-order chi connectivity index (χ1) is 8.60. The van der Waals surface area contributed by atoms with Gasteiger partial charge in [-0.1, -0.05) is 11.6 Å². The molecule has 0 amide bonds. The fraction of sp³-hybridized carbons (Fsp3) is 0.0909. The lowest BCUT2D eigenvalue weighted by atomic mass is 10.3. The second-order valence-corrected chi connectivity index (χ2v) is 4.61. The van der Waals surface area contributed by atoms with E-state index in [1.807, 2.05) is 0 Å². The SMILES string of the molecule is NCc1cnc(Oc2cc(F)c(Cl)cc2Br)cn1. The Bertz CT molecular complexity index is 565. The monoisotopic (exact) mass is 331 g/mol. The number of nitrogens with zero attached hydrogens (tertiary/aromatic N) is 2. The fourth-order valence-corrected chi connectivity index (χ4v) is 1.92. The Hall–Kier alpha value is -1.24. The standard InChI is InChI=1S/C11H8BrClFN3O/c12-7-1-8(13)9(14)2-10(7)18-11-5-16-6(3-15)4-17-11/h1-2,4-5H,3,15H2. The van der Waals surface area contributed by atoms with Gasteiger partial charge in [-0.15, -0.1) is 0 Å². The molecule has 18 heavy (non-hydrogen) atoms. The van der Waals surface area contributed by atoms with Gasteiger partial charge in [0.1, 0.15) is 11.6 Å². The van der Waals surface area contributed by atoms with E-state index in [0.29, 0.717) is 16.7 Å². The van der Waals surface area contributed by atoms with Gasteiger partial charge in [-0.3, -0.25) is 4.98 Å². The Labute approximate surface area is 116 Å². The Morgan fingerprint density at radius 3 is 2.72 bits per heavy atom. The van der Waals surface area contributed by atoms with Crippen molar-refractivity contribution in [2.45, 2.75) is 6.54 Å². The highest BCUT2D eigenvalue weighted by molar-refractivity contribution is 9.10. The molecule has 94 valence electrons. The summed E-state index contributed by atoms with van der Waals surface area (Å²) >= 11 is 8.85. The lowest BCUT2D eigenvalue weighted by Crippen LogP contribution is -2.00. The van der Waals surface area contributed by atoms with Crippen LogP contribution >= 0.6 is 27.5 Å². The summed E-state index contributed by atoms with van der Waals surface area (Å²) in [5.41, 5.74) is 6.04. The van der Waals surface area contributed by atoms with Crippen molar-refractivity contribution < 1.29 is 9.13 Å². The molecule has 2 N–H and O–H groups in total. The summed E-state index contributed by atoms with van der Waals surface area (Å²) in [5.74, 6) is -0.0530. The van der Waals surface area contributed by atoms with Crippen molar-refractivity contribution >= 4 is 27.5 Å². The number of halogens is 3. The van der Waals surface area contributed by atoms with E-state index in [-0.39, 0.29) is 16.7 Å². The zero-order chi connectivity index (χ0) is 13.1. The average molecular weight is 333 g/mol. The Kier molecular flexibility index (Phi) is 4.11. The van der Waals surface area contributed by atoms with Crippen LogP contribution < -0.4 is 10.5 Å². The Morgan fingerprint density at radius 1 is 1.33 bits per heavy atom. The van der Waals surface area contributed by atoms with Gasteiger partial charge in [0.2, 0.25) is 5.88 Å². The predicted molar refractivity (Wildman–Crippen MR) is 69.1 cm³/mol. The largest absolute Gasteiger partial charge is 0.436 e. The zero-order valence-electron chi connectivity index (χ0n) is 9.03. The molecule has 1 aromatic carbocycles. The maximum Gasteiger partial charge on any atom is 0.237 e. The highest BCUT2D eigenvalue weighted by Crippen LogP contribution is 2.32. The summed E-state index contributed by atoms with van der Waals surface area (Å²) in [5, 5.41) is 0.0128. The van der Waals surface area contributed by atoms with Crippen molar-refractivity contribution in [2.24, 2.45) is 5.73 Å². The molecule has 0 atom stereocenters. The Morgan fingerprint density at radius 2 is 2.11 bits per heavy atom. The van der Waals surface area contributed by atoms with Crippen LogP contribution in [-0.4, -0.2) is 9.97 Å². The van der Waals surface area contributed by atoms with E-state index in [4.69, 9.17) is 22.1 Å². The van der Waals surface area contributed by atoms with Gasteiger partial charge in [-0.05, 0) is 22.0 Å². The molecular formula is C11H8BrClFN3O. The van der Waals surface area contributed by atoms with Gasteiger partial charge in [-0.25, -0.2) is 9.37 Å². The molecule has 0 aliphatic heterocycles. The summed E-state index contributed by atoms with van der Waals surface area (Å²) in [7, 11) is 0. The minimum atomic E-state index is -0.568. The smallest absolute Gasteiger partial charge is 0.237 e. The lowest BCUT2D eigenvalue weighted by Gasteiger charge is -2.07. The molecule has 0 radical (unpaired) electrons. The number of aromatic nitrogens is 2. The highest BCUT2D eigenvalue weighted by Gasteiger charge is 2.09. The van der Waals surface area contributed by atoms with E-state index in [0.717, 1.165) is 0 Å². The van der Waals surface area contributed by atoms with Gasteiger partial charge in [0, 0.05) is 12.6 Å². The van der Waals surface area contributed by atoms with Gasteiger partial charge in [-0.2, -0.15) is 0 Å². The molecule has 0 fully saturated rings. The van der Waals surface area contributed by atoms with Gasteiger partial charge >= 0.3 is 0 Å². The minimum Gasteiger partial charge on any atom is -0.436 e. The first-order valence-electron chi connectivity index (χ1n) is 4.93. The zero-order valence-corrected chi connectivity index (χ0v) is 11.4. The van der Waals surface area contributed by atoms with Crippen LogP contribution in [0.25, 0.3) is 0 Å². The first kappa shape index (κ1) is 13.2. The van der Waals surface area contributed by atoms with Crippen molar-refractivity contribution in [3.05, 3.63) is 45.5 Å². The molecule has 2 aromatic rings. The van der Waals surface area contributed by atoms with E-state index in [1.54, 1.807) is 0 Å².